The van der Waals surface area contributed by atoms with Gasteiger partial charge in [0.25, 0.3) is 5.91 Å². The first-order valence-corrected chi connectivity index (χ1v) is 10.1. The zero-order valence-corrected chi connectivity index (χ0v) is 16.5. The normalized spacial score (nSPS) is 16.1. The molecule has 0 heterocycles. The molecule has 0 saturated heterocycles. The van der Waals surface area contributed by atoms with Gasteiger partial charge in [-0.1, -0.05) is 72.3 Å². The summed E-state index contributed by atoms with van der Waals surface area (Å²) in [6.07, 6.45) is 9.04. The number of hydrogen-bond donors (Lipinski definition) is 1. The molecule has 2 nitrogen and oxygen atoms in total. The lowest BCUT2D eigenvalue weighted by Crippen LogP contribution is -2.26. The van der Waals surface area contributed by atoms with E-state index in [-0.39, 0.29) is 11.3 Å². The van der Waals surface area contributed by atoms with E-state index in [9.17, 15) is 4.79 Å². The van der Waals surface area contributed by atoms with Crippen LogP contribution in [-0.4, -0.2) is 13.0 Å². The van der Waals surface area contributed by atoms with E-state index in [1.54, 1.807) is 7.05 Å². The summed E-state index contributed by atoms with van der Waals surface area (Å²) in [5, 5.41) is 2.69. The van der Waals surface area contributed by atoms with E-state index < -0.39 is 0 Å². The lowest BCUT2D eigenvalue weighted by molar-refractivity contribution is 0.0963. The zero-order chi connectivity index (χ0) is 19.8. The summed E-state index contributed by atoms with van der Waals surface area (Å²) < 4.78 is 0. The molecule has 29 heavy (non-hydrogen) atoms. The Kier molecular flexibility index (Phi) is 4.35. The van der Waals surface area contributed by atoms with Crippen molar-refractivity contribution in [3.8, 4) is 0 Å². The molecule has 2 aliphatic carbocycles. The molecular weight excluding hydrogens is 354 g/mol. The van der Waals surface area contributed by atoms with Gasteiger partial charge in [0.2, 0.25) is 0 Å². The summed E-state index contributed by atoms with van der Waals surface area (Å²) in [5.41, 5.74) is 8.55. The first-order valence-electron chi connectivity index (χ1n) is 10.1. The van der Waals surface area contributed by atoms with E-state index >= 15 is 0 Å². The van der Waals surface area contributed by atoms with Crippen molar-refractivity contribution in [3.63, 3.8) is 0 Å². The molecule has 3 aromatic carbocycles. The minimum atomic E-state index is -0.0722. The second-order valence-corrected chi connectivity index (χ2v) is 8.00. The molecule has 2 radical (unpaired) electrons. The number of rotatable bonds is 4. The van der Waals surface area contributed by atoms with Crippen LogP contribution < -0.4 is 5.32 Å². The summed E-state index contributed by atoms with van der Waals surface area (Å²) in [6.45, 7) is 0. The monoisotopic (exact) mass is 377 g/mol. The fourth-order valence-electron chi connectivity index (χ4n) is 4.65. The van der Waals surface area contributed by atoms with E-state index in [1.165, 1.54) is 33.4 Å². The first kappa shape index (κ1) is 17.9. The highest BCUT2D eigenvalue weighted by atomic mass is 16.1. The summed E-state index contributed by atoms with van der Waals surface area (Å²) in [7, 11) is 1.66. The van der Waals surface area contributed by atoms with E-state index in [0.717, 1.165) is 12.8 Å². The van der Waals surface area contributed by atoms with Crippen molar-refractivity contribution in [2.24, 2.45) is 5.41 Å². The lowest BCUT2D eigenvalue weighted by atomic mass is 9.72. The van der Waals surface area contributed by atoms with Crippen LogP contribution in [-0.2, 0) is 12.8 Å². The smallest absolute Gasteiger partial charge is 0.251 e. The van der Waals surface area contributed by atoms with Crippen LogP contribution >= 0.6 is 0 Å². The Bertz CT molecular complexity index is 1080. The van der Waals surface area contributed by atoms with Crippen molar-refractivity contribution in [1.82, 2.24) is 5.32 Å². The van der Waals surface area contributed by atoms with Crippen LogP contribution in [0.5, 0.6) is 0 Å². The van der Waals surface area contributed by atoms with Gasteiger partial charge in [0.15, 0.2) is 0 Å². The van der Waals surface area contributed by atoms with Crippen LogP contribution in [0.15, 0.2) is 78.4 Å². The number of carbonyl (C=O) groups excluding carboxylic acids is 1. The molecule has 0 aliphatic heterocycles. The standard InChI is InChI=1S/C27H23NO/c1-28-26(29)20-12-10-19(11-13-20)16-27(17-23-8-4-5-9-24(23)18-27)25-14-21-6-2-3-7-22(21)15-25/h2-15,17H,16,18H2,1H3,(H,28,29)/t27-/m0/s1. The van der Waals surface area contributed by atoms with E-state index in [0.29, 0.717) is 5.56 Å². The third-order valence-corrected chi connectivity index (χ3v) is 6.15. The average Bonchev–Trinajstić information content (AvgIpc) is 3.36. The number of hydrogen-bond acceptors (Lipinski definition) is 1. The van der Waals surface area contributed by atoms with Gasteiger partial charge in [-0.3, -0.25) is 4.79 Å². The van der Waals surface area contributed by atoms with Gasteiger partial charge in [-0.2, -0.15) is 0 Å². The van der Waals surface area contributed by atoms with Crippen LogP contribution in [0.1, 0.15) is 38.2 Å². The van der Waals surface area contributed by atoms with Gasteiger partial charge in [-0.15, -0.1) is 0 Å². The number of allylic oxidation sites excluding steroid dienone is 1. The summed E-state index contributed by atoms with van der Waals surface area (Å²) in [4.78, 5) is 11.9. The summed E-state index contributed by atoms with van der Waals surface area (Å²) in [5.74, 6) is -0.0478. The maximum absolute atomic E-state index is 11.9. The molecule has 0 spiro atoms. The van der Waals surface area contributed by atoms with Gasteiger partial charge >= 0.3 is 0 Å². The molecule has 2 aliphatic rings. The Morgan fingerprint density at radius 1 is 0.897 bits per heavy atom. The fourth-order valence-corrected chi connectivity index (χ4v) is 4.65. The van der Waals surface area contributed by atoms with Crippen LogP contribution in [0.25, 0.3) is 6.08 Å². The molecule has 0 fully saturated rings. The quantitative estimate of drug-likeness (QED) is 0.679. The third-order valence-electron chi connectivity index (χ3n) is 6.15. The molecule has 0 bridgehead atoms. The predicted molar refractivity (Wildman–Crippen MR) is 117 cm³/mol. The molecule has 5 rings (SSSR count). The lowest BCUT2D eigenvalue weighted by Gasteiger charge is -2.31. The molecule has 0 saturated carbocycles. The molecule has 2 heteroatoms. The van der Waals surface area contributed by atoms with Gasteiger partial charge < -0.3 is 5.32 Å². The minimum Gasteiger partial charge on any atom is -0.355 e. The Labute approximate surface area is 172 Å². The van der Waals surface area contributed by atoms with Crippen molar-refractivity contribution < 1.29 is 4.79 Å². The van der Waals surface area contributed by atoms with Crippen LogP contribution in [0.4, 0.5) is 0 Å². The maximum atomic E-state index is 11.9. The average molecular weight is 377 g/mol. The van der Waals surface area contributed by atoms with Gasteiger partial charge in [-0.05, 0) is 52.8 Å². The second-order valence-electron chi connectivity index (χ2n) is 8.00. The SMILES string of the molecule is CNC(=O)c1ccc(C[C@]2(C3=Cc4ccccc4[CH]3)[CH]c3ccccc3C2)cc1. The van der Waals surface area contributed by atoms with Gasteiger partial charge in [0, 0.05) is 30.9 Å². The van der Waals surface area contributed by atoms with Crippen molar-refractivity contribution in [2.75, 3.05) is 7.05 Å². The Morgan fingerprint density at radius 2 is 1.59 bits per heavy atom. The zero-order valence-electron chi connectivity index (χ0n) is 16.5. The van der Waals surface area contributed by atoms with Crippen molar-refractivity contribution in [1.29, 1.82) is 0 Å². The largest absolute Gasteiger partial charge is 0.355 e. The fraction of sp³-hybridized carbons (Fsp3) is 0.148. The second kappa shape index (κ2) is 7.04. The first-order chi connectivity index (χ1) is 14.2. The topological polar surface area (TPSA) is 29.1 Å². The van der Waals surface area contributed by atoms with Gasteiger partial charge in [0.05, 0.1) is 0 Å². The summed E-state index contributed by atoms with van der Waals surface area (Å²) in [6, 6.07) is 25.3. The van der Waals surface area contributed by atoms with Gasteiger partial charge in [-0.25, -0.2) is 0 Å². The molecular formula is C27H23NO. The van der Waals surface area contributed by atoms with Crippen molar-refractivity contribution in [3.05, 3.63) is 125 Å². The molecule has 3 aromatic rings. The number of benzene rings is 3. The number of amides is 1. The predicted octanol–water partition coefficient (Wildman–Crippen LogP) is 5.03. The van der Waals surface area contributed by atoms with Crippen molar-refractivity contribution in [2.45, 2.75) is 12.8 Å². The molecule has 1 amide bonds. The highest BCUT2D eigenvalue weighted by Crippen LogP contribution is 2.50. The maximum Gasteiger partial charge on any atom is 0.251 e. The number of nitrogens with one attached hydrogen (secondary N) is 1. The molecule has 142 valence electrons. The number of carbonyl (C=O) groups is 1. The third kappa shape index (κ3) is 3.19. The van der Waals surface area contributed by atoms with Crippen LogP contribution in [0, 0.1) is 18.3 Å². The number of fused-ring (bicyclic) bond motifs is 2. The van der Waals surface area contributed by atoms with Crippen LogP contribution in [0.2, 0.25) is 0 Å². The van der Waals surface area contributed by atoms with E-state index in [4.69, 9.17) is 0 Å². The minimum absolute atomic E-state index is 0.0478. The van der Waals surface area contributed by atoms with Crippen molar-refractivity contribution >= 4 is 12.0 Å². The molecule has 0 unspecified atom stereocenters. The summed E-state index contributed by atoms with van der Waals surface area (Å²) >= 11 is 0. The van der Waals surface area contributed by atoms with E-state index in [2.05, 4.69) is 84.9 Å². The highest BCUT2D eigenvalue weighted by molar-refractivity contribution is 5.93. The Morgan fingerprint density at radius 3 is 2.28 bits per heavy atom. The Balaban J connectivity index is 1.50. The Hall–Kier alpha value is -3.13. The van der Waals surface area contributed by atoms with Crippen LogP contribution in [0.3, 0.4) is 0 Å². The molecule has 0 aromatic heterocycles. The van der Waals surface area contributed by atoms with Gasteiger partial charge in [0.1, 0.15) is 0 Å². The van der Waals surface area contributed by atoms with E-state index in [1.807, 2.05) is 12.1 Å². The highest BCUT2D eigenvalue weighted by Gasteiger charge is 2.42. The molecule has 1 N–H and O–H groups in total. The molecule has 1 atom stereocenters.